The summed E-state index contributed by atoms with van der Waals surface area (Å²) in [6.07, 6.45) is 0.604. The normalized spacial score (nSPS) is 11.8. The van der Waals surface area contributed by atoms with Crippen molar-refractivity contribution in [2.24, 2.45) is 5.92 Å². The highest BCUT2D eigenvalue weighted by atomic mass is 79.9. The largest absolute Gasteiger partial charge is 0.466 e. The molecule has 6 heteroatoms. The number of anilines is 1. The molecule has 0 heterocycles. The summed E-state index contributed by atoms with van der Waals surface area (Å²) in [5, 5.41) is 2.72. The average molecular weight is 343 g/mol. The molecule has 0 aliphatic carbocycles. The topological polar surface area (TPSA) is 81.4 Å². The Morgan fingerprint density at radius 2 is 2.10 bits per heavy atom. The highest BCUT2D eigenvalue weighted by molar-refractivity contribution is 9.10. The predicted molar refractivity (Wildman–Crippen MR) is 81.3 cm³/mol. The minimum absolute atomic E-state index is 0.236. The molecule has 20 heavy (non-hydrogen) atoms. The Balaban J connectivity index is 2.66. The Bertz CT molecular complexity index is 491. The first-order valence-electron chi connectivity index (χ1n) is 6.49. The van der Waals surface area contributed by atoms with Crippen molar-refractivity contribution in [1.29, 1.82) is 0 Å². The number of nitrogens with two attached hydrogens (primary N) is 1. The van der Waals surface area contributed by atoms with Crippen molar-refractivity contribution in [3.05, 3.63) is 28.2 Å². The summed E-state index contributed by atoms with van der Waals surface area (Å²) in [5.74, 6) is -0.934. The fourth-order valence-corrected chi connectivity index (χ4v) is 2.05. The second-order valence-electron chi connectivity index (χ2n) is 4.30. The van der Waals surface area contributed by atoms with Gasteiger partial charge in [0.15, 0.2) is 0 Å². The van der Waals surface area contributed by atoms with Gasteiger partial charge in [-0.1, -0.05) is 22.9 Å². The van der Waals surface area contributed by atoms with Gasteiger partial charge in [-0.15, -0.1) is 0 Å². The van der Waals surface area contributed by atoms with Crippen LogP contribution in [-0.4, -0.2) is 25.0 Å². The predicted octanol–water partition coefficient (Wildman–Crippen LogP) is 2.35. The molecular weight excluding hydrogens is 324 g/mol. The summed E-state index contributed by atoms with van der Waals surface area (Å²) in [5.41, 5.74) is 6.55. The number of carbonyl (C=O) groups is 2. The van der Waals surface area contributed by atoms with Crippen LogP contribution in [0.1, 0.15) is 30.6 Å². The number of nitrogen functional groups attached to an aromatic ring is 1. The van der Waals surface area contributed by atoms with Gasteiger partial charge < -0.3 is 15.8 Å². The van der Waals surface area contributed by atoms with Crippen LogP contribution >= 0.6 is 15.9 Å². The number of nitrogens with one attached hydrogen (secondary N) is 1. The van der Waals surface area contributed by atoms with Gasteiger partial charge in [-0.05, 0) is 31.5 Å². The van der Waals surface area contributed by atoms with E-state index in [1.165, 1.54) is 0 Å². The van der Waals surface area contributed by atoms with Gasteiger partial charge in [0.1, 0.15) is 0 Å². The van der Waals surface area contributed by atoms with Crippen molar-refractivity contribution in [2.75, 3.05) is 18.9 Å². The first-order valence-corrected chi connectivity index (χ1v) is 7.28. The molecule has 0 saturated heterocycles. The van der Waals surface area contributed by atoms with Crippen LogP contribution < -0.4 is 11.1 Å². The lowest BCUT2D eigenvalue weighted by Crippen LogP contribution is -2.34. The standard InChI is InChI=1S/C14H19BrN2O3/c1-3-9(14(19)20-4-2)8-17-13(18)11-7-10(15)5-6-12(11)16/h5-7,9H,3-4,8,16H2,1-2H3,(H,17,18). The van der Waals surface area contributed by atoms with Crippen molar-refractivity contribution < 1.29 is 14.3 Å². The number of benzene rings is 1. The maximum atomic E-state index is 12.1. The van der Waals surface area contributed by atoms with E-state index in [2.05, 4.69) is 21.2 Å². The van der Waals surface area contributed by atoms with E-state index in [4.69, 9.17) is 10.5 Å². The van der Waals surface area contributed by atoms with E-state index in [0.717, 1.165) is 4.47 Å². The van der Waals surface area contributed by atoms with Crippen molar-refractivity contribution in [1.82, 2.24) is 5.32 Å². The summed E-state index contributed by atoms with van der Waals surface area (Å²) in [6, 6.07) is 5.07. The minimum atomic E-state index is -0.340. The Hall–Kier alpha value is -1.56. The second-order valence-corrected chi connectivity index (χ2v) is 5.21. The smallest absolute Gasteiger partial charge is 0.310 e. The number of halogens is 1. The molecule has 1 rings (SSSR count). The molecule has 110 valence electrons. The maximum absolute atomic E-state index is 12.1. The van der Waals surface area contributed by atoms with Crippen molar-refractivity contribution in [2.45, 2.75) is 20.3 Å². The Kier molecular flexibility index (Phi) is 6.51. The van der Waals surface area contributed by atoms with Gasteiger partial charge in [0.25, 0.3) is 5.91 Å². The molecular formula is C14H19BrN2O3. The van der Waals surface area contributed by atoms with Gasteiger partial charge in [-0.3, -0.25) is 9.59 Å². The number of rotatable bonds is 6. The molecule has 0 saturated carbocycles. The highest BCUT2D eigenvalue weighted by Gasteiger charge is 2.19. The summed E-state index contributed by atoms with van der Waals surface area (Å²) < 4.78 is 5.73. The number of amides is 1. The fraction of sp³-hybridized carbons (Fsp3) is 0.429. The van der Waals surface area contributed by atoms with E-state index in [-0.39, 0.29) is 24.3 Å². The molecule has 3 N–H and O–H groups in total. The third-order valence-electron chi connectivity index (χ3n) is 2.88. The van der Waals surface area contributed by atoms with E-state index in [9.17, 15) is 9.59 Å². The van der Waals surface area contributed by atoms with Crippen molar-refractivity contribution in [3.8, 4) is 0 Å². The van der Waals surface area contributed by atoms with Gasteiger partial charge in [0, 0.05) is 16.7 Å². The number of hydrogen-bond acceptors (Lipinski definition) is 4. The molecule has 5 nitrogen and oxygen atoms in total. The van der Waals surface area contributed by atoms with Crippen LogP contribution in [-0.2, 0) is 9.53 Å². The lowest BCUT2D eigenvalue weighted by atomic mass is 10.1. The van der Waals surface area contributed by atoms with Crippen LogP contribution in [0.3, 0.4) is 0 Å². The minimum Gasteiger partial charge on any atom is -0.466 e. The third-order valence-corrected chi connectivity index (χ3v) is 3.37. The van der Waals surface area contributed by atoms with Crippen LogP contribution in [0.4, 0.5) is 5.69 Å². The van der Waals surface area contributed by atoms with E-state index in [1.807, 2.05) is 6.92 Å². The van der Waals surface area contributed by atoms with Crippen molar-refractivity contribution in [3.63, 3.8) is 0 Å². The Morgan fingerprint density at radius 3 is 2.70 bits per heavy atom. The van der Waals surface area contributed by atoms with E-state index >= 15 is 0 Å². The van der Waals surface area contributed by atoms with Crippen LogP contribution in [0.2, 0.25) is 0 Å². The van der Waals surface area contributed by atoms with Crippen molar-refractivity contribution >= 4 is 33.5 Å². The molecule has 0 radical (unpaired) electrons. The molecule has 1 aromatic carbocycles. The van der Waals surface area contributed by atoms with Gasteiger partial charge in [0.05, 0.1) is 18.1 Å². The molecule has 0 aliphatic rings. The Labute approximate surface area is 127 Å². The molecule has 0 fully saturated rings. The molecule has 1 unspecified atom stereocenters. The Morgan fingerprint density at radius 1 is 1.40 bits per heavy atom. The van der Waals surface area contributed by atoms with Crippen LogP contribution in [0.15, 0.2) is 22.7 Å². The highest BCUT2D eigenvalue weighted by Crippen LogP contribution is 2.18. The van der Waals surface area contributed by atoms with Gasteiger partial charge in [-0.2, -0.15) is 0 Å². The molecule has 0 aromatic heterocycles. The summed E-state index contributed by atoms with van der Waals surface area (Å²) in [7, 11) is 0. The van der Waals surface area contributed by atoms with E-state index in [0.29, 0.717) is 24.3 Å². The zero-order valence-corrected chi connectivity index (χ0v) is 13.2. The molecule has 0 spiro atoms. The summed E-state index contributed by atoms with van der Waals surface area (Å²) >= 11 is 3.29. The summed E-state index contributed by atoms with van der Waals surface area (Å²) in [6.45, 7) is 4.20. The first-order chi connectivity index (χ1) is 9.49. The first kappa shape index (κ1) is 16.5. The van der Waals surface area contributed by atoms with Crippen LogP contribution in [0.25, 0.3) is 0 Å². The quantitative estimate of drug-likeness (QED) is 0.614. The van der Waals surface area contributed by atoms with Gasteiger partial charge >= 0.3 is 5.97 Å². The van der Waals surface area contributed by atoms with Crippen LogP contribution in [0, 0.1) is 5.92 Å². The molecule has 0 aliphatic heterocycles. The SMILES string of the molecule is CCOC(=O)C(CC)CNC(=O)c1cc(Br)ccc1N. The number of carbonyl (C=O) groups excluding carboxylic acids is 2. The van der Waals surface area contributed by atoms with Gasteiger partial charge in [0.2, 0.25) is 0 Å². The zero-order valence-electron chi connectivity index (χ0n) is 11.6. The van der Waals surface area contributed by atoms with Crippen LogP contribution in [0.5, 0.6) is 0 Å². The molecule has 1 atom stereocenters. The maximum Gasteiger partial charge on any atom is 0.310 e. The average Bonchev–Trinajstić information content (AvgIpc) is 2.42. The monoisotopic (exact) mass is 342 g/mol. The lowest BCUT2D eigenvalue weighted by Gasteiger charge is -2.15. The lowest BCUT2D eigenvalue weighted by molar-refractivity contribution is -0.147. The number of ether oxygens (including phenoxy) is 1. The molecule has 1 aromatic rings. The zero-order chi connectivity index (χ0) is 15.1. The second kappa shape index (κ2) is 7.89. The molecule has 1 amide bonds. The number of esters is 1. The number of hydrogen-bond donors (Lipinski definition) is 2. The van der Waals surface area contributed by atoms with Gasteiger partial charge in [-0.25, -0.2) is 0 Å². The summed E-state index contributed by atoms with van der Waals surface area (Å²) in [4.78, 5) is 23.7. The third kappa shape index (κ3) is 4.52. The van der Waals surface area contributed by atoms with E-state index < -0.39 is 0 Å². The fourth-order valence-electron chi connectivity index (χ4n) is 1.69. The molecule has 0 bridgehead atoms. The van der Waals surface area contributed by atoms with E-state index in [1.54, 1.807) is 25.1 Å².